The van der Waals surface area contributed by atoms with E-state index < -0.39 is 12.3 Å². The number of anilines is 1. The predicted molar refractivity (Wildman–Crippen MR) is 111 cm³/mol. The van der Waals surface area contributed by atoms with Crippen molar-refractivity contribution in [3.8, 4) is 22.6 Å². The zero-order chi connectivity index (χ0) is 22.5. The Hall–Kier alpha value is -3.41. The number of aliphatic hydroxyl groups is 1. The maximum Gasteiger partial charge on any atom is 0.305 e. The highest BCUT2D eigenvalue weighted by Gasteiger charge is 2.27. The number of rotatable bonds is 8. The summed E-state index contributed by atoms with van der Waals surface area (Å²) in [5.41, 5.74) is 2.23. The van der Waals surface area contributed by atoms with Crippen molar-refractivity contribution in [2.24, 2.45) is 5.92 Å². The van der Waals surface area contributed by atoms with Gasteiger partial charge in [-0.3, -0.25) is 4.79 Å². The molecule has 11 heteroatoms. The van der Waals surface area contributed by atoms with Gasteiger partial charge in [0.25, 0.3) is 0 Å². The molecule has 3 aromatic rings. The number of hydrogen-bond donors (Lipinski definition) is 4. The van der Waals surface area contributed by atoms with Crippen LogP contribution in [0.2, 0.25) is 0 Å². The van der Waals surface area contributed by atoms with E-state index in [1.54, 1.807) is 24.4 Å². The van der Waals surface area contributed by atoms with Crippen LogP contribution >= 0.6 is 0 Å². The van der Waals surface area contributed by atoms with E-state index in [1.165, 1.54) is 12.1 Å². The van der Waals surface area contributed by atoms with E-state index in [2.05, 4.69) is 25.3 Å². The van der Waals surface area contributed by atoms with Crippen molar-refractivity contribution < 1.29 is 28.9 Å². The molecule has 1 saturated heterocycles. The van der Waals surface area contributed by atoms with Gasteiger partial charge in [0.1, 0.15) is 5.82 Å². The Balaban J connectivity index is 1.66. The summed E-state index contributed by atoms with van der Waals surface area (Å²) in [6.45, 7) is 0.797. The maximum atomic E-state index is 13.5. The molecule has 1 aromatic carbocycles. The number of carbonyl (C=O) groups is 1. The lowest BCUT2D eigenvalue weighted by molar-refractivity contribution is -0.213. The van der Waals surface area contributed by atoms with Crippen LogP contribution in [0.3, 0.4) is 0 Å². The molecule has 10 nitrogen and oxygen atoms in total. The van der Waals surface area contributed by atoms with Crippen molar-refractivity contribution in [2.45, 2.75) is 12.7 Å². The first-order valence-corrected chi connectivity index (χ1v) is 10.0. The topological polar surface area (TPSA) is 142 Å². The van der Waals surface area contributed by atoms with Crippen molar-refractivity contribution in [1.29, 1.82) is 0 Å². The molecule has 3 heterocycles. The Morgan fingerprint density at radius 3 is 2.62 bits per heavy atom. The van der Waals surface area contributed by atoms with Crippen LogP contribution in [-0.2, 0) is 14.3 Å². The predicted octanol–water partition coefficient (Wildman–Crippen LogP) is 2.21. The number of nitrogens with zero attached hydrogens (tertiary/aromatic N) is 3. The number of hydrogen-bond acceptors (Lipinski definition) is 8. The summed E-state index contributed by atoms with van der Waals surface area (Å²) in [5.74, 6) is -0.720. The zero-order valence-electron chi connectivity index (χ0n) is 17.0. The number of carboxylic acids is 1. The van der Waals surface area contributed by atoms with E-state index in [0.717, 1.165) is 0 Å². The molecule has 1 aliphatic rings. The molecule has 0 aliphatic carbocycles. The summed E-state index contributed by atoms with van der Waals surface area (Å²) in [6, 6.07) is 7.57. The number of aromatic amines is 1. The van der Waals surface area contributed by atoms with E-state index in [9.17, 15) is 14.3 Å². The van der Waals surface area contributed by atoms with E-state index in [1.807, 2.05) is 0 Å². The molecule has 0 spiro atoms. The van der Waals surface area contributed by atoms with Gasteiger partial charge < -0.3 is 30.0 Å². The van der Waals surface area contributed by atoms with Gasteiger partial charge in [-0.05, 0) is 30.3 Å². The monoisotopic (exact) mass is 443 g/mol. The number of imidazole rings is 1. The van der Waals surface area contributed by atoms with Crippen molar-refractivity contribution in [1.82, 2.24) is 19.9 Å². The molecule has 2 aromatic heterocycles. The average molecular weight is 443 g/mol. The Bertz CT molecular complexity index is 1070. The Kier molecular flexibility index (Phi) is 6.69. The minimum atomic E-state index is -0.929. The smallest absolute Gasteiger partial charge is 0.305 e. The van der Waals surface area contributed by atoms with Crippen LogP contribution in [0.5, 0.6) is 0 Å². The van der Waals surface area contributed by atoms with Gasteiger partial charge in [0.15, 0.2) is 5.82 Å². The second-order valence-corrected chi connectivity index (χ2v) is 7.24. The van der Waals surface area contributed by atoms with Crippen LogP contribution in [0, 0.1) is 11.7 Å². The molecule has 1 aliphatic heterocycles. The average Bonchev–Trinajstić information content (AvgIpc) is 3.25. The highest BCUT2D eigenvalue weighted by molar-refractivity contribution is 5.77. The molecule has 32 heavy (non-hydrogen) atoms. The fraction of sp³-hybridized carbons (Fsp3) is 0.333. The first kappa shape index (κ1) is 21.8. The molecule has 1 fully saturated rings. The van der Waals surface area contributed by atoms with Gasteiger partial charge in [0.2, 0.25) is 12.2 Å². The molecule has 0 unspecified atom stereocenters. The van der Waals surface area contributed by atoms with E-state index in [4.69, 9.17) is 14.6 Å². The van der Waals surface area contributed by atoms with Crippen LogP contribution < -0.4 is 5.32 Å². The number of carboxylic acid groups (broad SMARTS) is 1. The molecular weight excluding hydrogens is 421 g/mol. The van der Waals surface area contributed by atoms with Gasteiger partial charge in [0, 0.05) is 24.2 Å². The van der Waals surface area contributed by atoms with Crippen molar-refractivity contribution >= 4 is 11.9 Å². The van der Waals surface area contributed by atoms with E-state index >= 15 is 0 Å². The summed E-state index contributed by atoms with van der Waals surface area (Å²) < 4.78 is 24.8. The van der Waals surface area contributed by atoms with Crippen molar-refractivity contribution in [3.05, 3.63) is 48.2 Å². The molecule has 168 valence electrons. The number of aromatic nitrogens is 4. The van der Waals surface area contributed by atoms with Gasteiger partial charge in [-0.1, -0.05) is 0 Å². The Labute approximate surface area is 182 Å². The van der Waals surface area contributed by atoms with E-state index in [-0.39, 0.29) is 37.3 Å². The summed E-state index contributed by atoms with van der Waals surface area (Å²) in [5, 5.41) is 20.9. The third-order valence-electron chi connectivity index (χ3n) is 4.82. The van der Waals surface area contributed by atoms with Gasteiger partial charge in [0.05, 0.1) is 43.3 Å². The van der Waals surface area contributed by atoms with Crippen molar-refractivity contribution in [3.63, 3.8) is 0 Å². The number of benzene rings is 1. The highest BCUT2D eigenvalue weighted by atomic mass is 19.1. The first-order chi connectivity index (χ1) is 15.5. The zero-order valence-corrected chi connectivity index (χ0v) is 17.0. The van der Waals surface area contributed by atoms with Gasteiger partial charge in [-0.2, -0.15) is 0 Å². The van der Waals surface area contributed by atoms with Gasteiger partial charge >= 0.3 is 5.97 Å². The molecule has 4 N–H and O–H groups in total. The molecule has 0 amide bonds. The number of H-pyrrole nitrogens is 1. The van der Waals surface area contributed by atoms with Crippen LogP contribution in [0.25, 0.3) is 22.6 Å². The highest BCUT2D eigenvalue weighted by Crippen LogP contribution is 2.33. The SMILES string of the molecule is O=C(O)CCNc1nccc(-c2[nH]c(C3OCC(CO)CO3)nc2-c2ccc(F)cc2)n1. The molecule has 0 saturated carbocycles. The first-order valence-electron chi connectivity index (χ1n) is 10.0. The number of nitrogens with one attached hydrogen (secondary N) is 2. The Morgan fingerprint density at radius 2 is 1.94 bits per heavy atom. The van der Waals surface area contributed by atoms with Crippen LogP contribution in [0.15, 0.2) is 36.5 Å². The fourth-order valence-corrected chi connectivity index (χ4v) is 3.18. The molecule has 4 rings (SSSR count). The van der Waals surface area contributed by atoms with Gasteiger partial charge in [-0.15, -0.1) is 0 Å². The second-order valence-electron chi connectivity index (χ2n) is 7.24. The Morgan fingerprint density at radius 1 is 1.19 bits per heavy atom. The lowest BCUT2D eigenvalue weighted by atomic mass is 10.1. The van der Waals surface area contributed by atoms with Crippen molar-refractivity contribution in [2.75, 3.05) is 31.7 Å². The lowest BCUT2D eigenvalue weighted by Crippen LogP contribution is -2.29. The molecule has 0 atom stereocenters. The molecule has 0 bridgehead atoms. The van der Waals surface area contributed by atoms with Crippen LogP contribution in [0.1, 0.15) is 18.5 Å². The summed E-state index contributed by atoms with van der Waals surface area (Å²) in [4.78, 5) is 27.1. The minimum absolute atomic E-state index is 0.0322. The lowest BCUT2D eigenvalue weighted by Gasteiger charge is -2.26. The minimum Gasteiger partial charge on any atom is -0.481 e. The van der Waals surface area contributed by atoms with Gasteiger partial charge in [-0.25, -0.2) is 19.3 Å². The molecular formula is C21H22FN5O5. The van der Waals surface area contributed by atoms with E-state index in [0.29, 0.717) is 41.7 Å². The maximum absolute atomic E-state index is 13.5. The standard InChI is InChI=1S/C21H22FN5O5/c22-14-3-1-13(2-4-14)17-18(15-5-7-23-21(25-15)24-8-6-16(29)30)27-19(26-17)20-31-10-12(9-28)11-32-20/h1-5,7,12,20,28H,6,8-11H2,(H,26,27)(H,29,30)(H,23,24,25). The van der Waals surface area contributed by atoms with Crippen LogP contribution in [-0.4, -0.2) is 62.5 Å². The summed E-state index contributed by atoms with van der Waals surface area (Å²) in [7, 11) is 0. The largest absolute Gasteiger partial charge is 0.481 e. The third-order valence-corrected chi connectivity index (χ3v) is 4.82. The summed E-state index contributed by atoms with van der Waals surface area (Å²) in [6.07, 6.45) is 0.717. The quantitative estimate of drug-likeness (QED) is 0.412. The second kappa shape index (κ2) is 9.81. The fourth-order valence-electron chi connectivity index (χ4n) is 3.18. The number of aliphatic hydroxyl groups excluding tert-OH is 1. The summed E-state index contributed by atoms with van der Waals surface area (Å²) >= 11 is 0. The number of halogens is 1. The number of aliphatic carboxylic acids is 1. The molecule has 0 radical (unpaired) electrons. The third kappa shape index (κ3) is 5.07. The van der Waals surface area contributed by atoms with Crippen LogP contribution in [0.4, 0.5) is 10.3 Å². The number of ether oxygens (including phenoxy) is 2. The normalized spacial score (nSPS) is 18.4.